The van der Waals surface area contributed by atoms with Gasteiger partial charge in [0.25, 0.3) is 0 Å². The van der Waals surface area contributed by atoms with Gasteiger partial charge in [-0.05, 0) is 26.3 Å². The molecule has 2 aromatic heterocycles. The Kier molecular flexibility index (Phi) is 4.61. The molecule has 0 atom stereocenters. The molecule has 0 amide bonds. The summed E-state index contributed by atoms with van der Waals surface area (Å²) in [4.78, 5) is 13.3. The van der Waals surface area contributed by atoms with Gasteiger partial charge in [-0.2, -0.15) is 0 Å². The van der Waals surface area contributed by atoms with Gasteiger partial charge in [0.05, 0.1) is 0 Å². The van der Waals surface area contributed by atoms with Crippen LogP contribution < -0.4 is 10.4 Å². The van der Waals surface area contributed by atoms with Crippen molar-refractivity contribution in [3.63, 3.8) is 0 Å². The molecule has 0 aliphatic rings. The van der Waals surface area contributed by atoms with Crippen LogP contribution in [0.2, 0.25) is 0 Å². The highest BCUT2D eigenvalue weighted by Crippen LogP contribution is 2.28. The monoisotopic (exact) mass is 326 g/mol. The topological polar surface area (TPSA) is 79.1 Å². The number of fused-ring (bicyclic) bond motifs is 1. The molecule has 0 bridgehead atoms. The van der Waals surface area contributed by atoms with E-state index in [4.69, 9.17) is 0 Å². The van der Waals surface area contributed by atoms with E-state index in [0.717, 1.165) is 10.6 Å². The summed E-state index contributed by atoms with van der Waals surface area (Å²) >= 11 is 0. The van der Waals surface area contributed by atoms with Crippen molar-refractivity contribution >= 4 is 22.9 Å². The second-order valence-electron chi connectivity index (χ2n) is 5.82. The molecule has 0 fully saturated rings. The molecule has 3 rings (SSSR count). The molecule has 126 valence electrons. The molecule has 2 N–H and O–H groups in total. The Labute approximate surface area is 140 Å². The normalized spacial score (nSPS) is 11.2. The van der Waals surface area contributed by atoms with E-state index < -0.39 is 0 Å². The van der Waals surface area contributed by atoms with Crippen LogP contribution in [0.4, 0.5) is 11.8 Å². The van der Waals surface area contributed by atoms with E-state index >= 15 is 0 Å². The van der Waals surface area contributed by atoms with E-state index in [0.29, 0.717) is 36.0 Å². The van der Waals surface area contributed by atoms with Gasteiger partial charge in [0.1, 0.15) is 6.33 Å². The number of hydrogen-bond donors (Lipinski definition) is 2. The zero-order valence-electron chi connectivity index (χ0n) is 14.1. The molecule has 2 heterocycles. The maximum atomic E-state index is 10.1. The standard InChI is InChI=1S/C17H22N6O/c1-4-22(24)17-21-14-15(18-10-13-8-6-5-7-9-13)19-11-20-16(14)23(17)12(2)3/h5-9,11-12,24H,4,10H2,1-3H3,(H,18,19,20). The summed E-state index contributed by atoms with van der Waals surface area (Å²) < 4.78 is 1.91. The Morgan fingerprint density at radius 2 is 1.96 bits per heavy atom. The highest BCUT2D eigenvalue weighted by atomic mass is 16.5. The molecule has 0 radical (unpaired) electrons. The maximum absolute atomic E-state index is 10.1. The van der Waals surface area contributed by atoms with E-state index in [1.807, 2.05) is 43.5 Å². The fourth-order valence-corrected chi connectivity index (χ4v) is 2.61. The summed E-state index contributed by atoms with van der Waals surface area (Å²) in [5.41, 5.74) is 2.52. The molecule has 0 aliphatic heterocycles. The third-order valence-electron chi connectivity index (χ3n) is 3.81. The molecule has 0 spiro atoms. The van der Waals surface area contributed by atoms with Gasteiger partial charge in [-0.3, -0.25) is 9.77 Å². The summed E-state index contributed by atoms with van der Waals surface area (Å²) in [6.07, 6.45) is 1.52. The molecule has 1 aromatic carbocycles. The second kappa shape index (κ2) is 6.84. The van der Waals surface area contributed by atoms with Crippen LogP contribution in [0.3, 0.4) is 0 Å². The van der Waals surface area contributed by atoms with Gasteiger partial charge in [0.2, 0.25) is 5.95 Å². The third-order valence-corrected chi connectivity index (χ3v) is 3.81. The van der Waals surface area contributed by atoms with Gasteiger partial charge in [-0.15, -0.1) is 0 Å². The van der Waals surface area contributed by atoms with Gasteiger partial charge in [-0.1, -0.05) is 30.3 Å². The van der Waals surface area contributed by atoms with Crippen molar-refractivity contribution in [2.75, 3.05) is 16.9 Å². The molecular weight excluding hydrogens is 304 g/mol. The zero-order valence-corrected chi connectivity index (χ0v) is 14.1. The number of benzene rings is 1. The third kappa shape index (κ3) is 3.03. The number of hydrogen-bond acceptors (Lipinski definition) is 6. The average Bonchev–Trinajstić information content (AvgIpc) is 3.00. The Balaban J connectivity index is 2.00. The summed E-state index contributed by atoms with van der Waals surface area (Å²) in [5, 5.41) is 14.6. The van der Waals surface area contributed by atoms with E-state index in [9.17, 15) is 5.21 Å². The highest BCUT2D eigenvalue weighted by molar-refractivity contribution is 5.85. The number of aromatic nitrogens is 4. The van der Waals surface area contributed by atoms with Crippen molar-refractivity contribution in [1.29, 1.82) is 0 Å². The van der Waals surface area contributed by atoms with Crippen LogP contribution in [0.1, 0.15) is 32.4 Å². The minimum absolute atomic E-state index is 0.114. The lowest BCUT2D eigenvalue weighted by Crippen LogP contribution is -2.22. The SMILES string of the molecule is CCN(O)c1nc2c(NCc3ccccc3)ncnc2n1C(C)C. The van der Waals surface area contributed by atoms with Gasteiger partial charge in [0.15, 0.2) is 17.0 Å². The number of rotatable bonds is 6. The predicted molar refractivity (Wildman–Crippen MR) is 94.3 cm³/mol. The van der Waals surface area contributed by atoms with Crippen molar-refractivity contribution < 1.29 is 5.21 Å². The Hall–Kier alpha value is -2.67. The fraction of sp³-hybridized carbons (Fsp3) is 0.353. The number of nitrogens with one attached hydrogen (secondary N) is 1. The van der Waals surface area contributed by atoms with Crippen molar-refractivity contribution in [1.82, 2.24) is 19.5 Å². The molecule has 3 aromatic rings. The first-order chi connectivity index (χ1) is 11.6. The van der Waals surface area contributed by atoms with Crippen LogP contribution in [0.5, 0.6) is 0 Å². The lowest BCUT2D eigenvalue weighted by atomic mass is 10.2. The number of nitrogens with zero attached hydrogens (tertiary/aromatic N) is 5. The number of anilines is 2. The molecule has 0 aliphatic carbocycles. The van der Waals surface area contributed by atoms with Crippen LogP contribution in [-0.4, -0.2) is 31.3 Å². The minimum Gasteiger partial charge on any atom is -0.364 e. The van der Waals surface area contributed by atoms with Crippen molar-refractivity contribution in [3.8, 4) is 0 Å². The number of hydroxylamine groups is 1. The Morgan fingerprint density at radius 3 is 2.62 bits per heavy atom. The summed E-state index contributed by atoms with van der Waals surface area (Å²) in [7, 11) is 0. The van der Waals surface area contributed by atoms with Gasteiger partial charge in [-0.25, -0.2) is 20.0 Å². The van der Waals surface area contributed by atoms with E-state index in [2.05, 4.69) is 32.4 Å². The number of imidazole rings is 1. The lowest BCUT2D eigenvalue weighted by Gasteiger charge is -2.17. The van der Waals surface area contributed by atoms with Gasteiger partial charge >= 0.3 is 0 Å². The Bertz CT molecular complexity index is 815. The predicted octanol–water partition coefficient (Wildman–Crippen LogP) is 3.23. The first kappa shape index (κ1) is 16.2. The molecule has 0 saturated heterocycles. The minimum atomic E-state index is 0.114. The van der Waals surface area contributed by atoms with Gasteiger partial charge < -0.3 is 5.32 Å². The summed E-state index contributed by atoms with van der Waals surface area (Å²) in [6, 6.07) is 10.2. The van der Waals surface area contributed by atoms with Crippen molar-refractivity contribution in [3.05, 3.63) is 42.2 Å². The van der Waals surface area contributed by atoms with Crippen molar-refractivity contribution in [2.45, 2.75) is 33.4 Å². The summed E-state index contributed by atoms with van der Waals surface area (Å²) in [5.74, 6) is 1.14. The van der Waals surface area contributed by atoms with Gasteiger partial charge in [0, 0.05) is 19.1 Å². The first-order valence-electron chi connectivity index (χ1n) is 8.09. The van der Waals surface area contributed by atoms with Crippen LogP contribution in [0.25, 0.3) is 11.2 Å². The fourth-order valence-electron chi connectivity index (χ4n) is 2.61. The highest BCUT2D eigenvalue weighted by Gasteiger charge is 2.20. The van der Waals surface area contributed by atoms with E-state index in [1.54, 1.807) is 0 Å². The lowest BCUT2D eigenvalue weighted by molar-refractivity contribution is 0.248. The van der Waals surface area contributed by atoms with Crippen molar-refractivity contribution in [2.24, 2.45) is 0 Å². The zero-order chi connectivity index (χ0) is 17.1. The van der Waals surface area contributed by atoms with E-state index in [1.165, 1.54) is 6.33 Å². The molecular formula is C17H22N6O. The quantitative estimate of drug-likeness (QED) is 0.677. The Morgan fingerprint density at radius 1 is 1.21 bits per heavy atom. The second-order valence-corrected chi connectivity index (χ2v) is 5.82. The van der Waals surface area contributed by atoms with Crippen LogP contribution in [0.15, 0.2) is 36.7 Å². The average molecular weight is 326 g/mol. The molecule has 0 saturated carbocycles. The van der Waals surface area contributed by atoms with Crippen LogP contribution in [-0.2, 0) is 6.54 Å². The molecule has 7 heteroatoms. The molecule has 0 unspecified atom stereocenters. The molecule has 7 nitrogen and oxygen atoms in total. The largest absolute Gasteiger partial charge is 0.364 e. The summed E-state index contributed by atoms with van der Waals surface area (Å²) in [6.45, 7) is 7.02. The van der Waals surface area contributed by atoms with Crippen LogP contribution >= 0.6 is 0 Å². The smallest absolute Gasteiger partial charge is 0.232 e. The molecule has 24 heavy (non-hydrogen) atoms. The van der Waals surface area contributed by atoms with E-state index in [-0.39, 0.29) is 6.04 Å². The van der Waals surface area contributed by atoms with Crippen LogP contribution in [0, 0.1) is 0 Å². The maximum Gasteiger partial charge on any atom is 0.232 e. The first-order valence-corrected chi connectivity index (χ1v) is 8.09.